The SMILES string of the molecule is Nc1ncc2ccc(Cl)nc2n1. The van der Waals surface area contributed by atoms with Crippen molar-refractivity contribution in [3.63, 3.8) is 0 Å². The summed E-state index contributed by atoms with van der Waals surface area (Å²) in [5.74, 6) is 0.206. The van der Waals surface area contributed by atoms with Gasteiger partial charge in [-0.3, -0.25) is 0 Å². The normalized spacial score (nSPS) is 10.4. The third kappa shape index (κ3) is 1.16. The molecule has 0 spiro atoms. The molecule has 0 fully saturated rings. The van der Waals surface area contributed by atoms with Crippen LogP contribution in [0, 0.1) is 0 Å². The number of hydrogen-bond donors (Lipinski definition) is 1. The summed E-state index contributed by atoms with van der Waals surface area (Å²) in [7, 11) is 0. The van der Waals surface area contributed by atoms with Gasteiger partial charge in [0.25, 0.3) is 0 Å². The molecule has 4 nitrogen and oxygen atoms in total. The fraction of sp³-hybridized carbons (Fsp3) is 0. The lowest BCUT2D eigenvalue weighted by Gasteiger charge is -1.96. The summed E-state index contributed by atoms with van der Waals surface area (Å²) < 4.78 is 0. The highest BCUT2D eigenvalue weighted by molar-refractivity contribution is 6.29. The Bertz CT molecular complexity index is 392. The summed E-state index contributed by atoms with van der Waals surface area (Å²) in [4.78, 5) is 11.7. The first-order chi connectivity index (χ1) is 5.75. The molecule has 0 amide bonds. The molecule has 0 unspecified atom stereocenters. The van der Waals surface area contributed by atoms with Crippen molar-refractivity contribution in [3.05, 3.63) is 23.5 Å². The lowest BCUT2D eigenvalue weighted by molar-refractivity contribution is 1.20. The van der Waals surface area contributed by atoms with E-state index in [2.05, 4.69) is 15.0 Å². The van der Waals surface area contributed by atoms with Crippen molar-refractivity contribution in [3.8, 4) is 0 Å². The molecule has 12 heavy (non-hydrogen) atoms. The molecule has 0 aliphatic rings. The number of hydrogen-bond acceptors (Lipinski definition) is 4. The van der Waals surface area contributed by atoms with Gasteiger partial charge in [-0.25, -0.2) is 9.97 Å². The molecule has 0 saturated heterocycles. The molecular formula is C7H5ClN4. The highest BCUT2D eigenvalue weighted by Gasteiger charge is 1.98. The summed E-state index contributed by atoms with van der Waals surface area (Å²) in [6, 6.07) is 3.48. The second kappa shape index (κ2) is 2.57. The number of rotatable bonds is 0. The molecule has 0 bridgehead atoms. The van der Waals surface area contributed by atoms with Crippen molar-refractivity contribution < 1.29 is 0 Å². The Hall–Kier alpha value is -1.42. The molecule has 0 aliphatic carbocycles. The first kappa shape index (κ1) is 7.24. The van der Waals surface area contributed by atoms with E-state index in [9.17, 15) is 0 Å². The number of halogens is 1. The van der Waals surface area contributed by atoms with Gasteiger partial charge in [-0.1, -0.05) is 11.6 Å². The second-order valence-corrected chi connectivity index (χ2v) is 2.66. The Balaban J connectivity index is 2.80. The van der Waals surface area contributed by atoms with Gasteiger partial charge in [0.05, 0.1) is 0 Å². The maximum absolute atomic E-state index is 5.66. The minimum Gasteiger partial charge on any atom is -0.368 e. The van der Waals surface area contributed by atoms with E-state index in [0.717, 1.165) is 5.39 Å². The van der Waals surface area contributed by atoms with Crippen molar-refractivity contribution in [2.24, 2.45) is 0 Å². The van der Waals surface area contributed by atoms with E-state index in [-0.39, 0.29) is 5.95 Å². The Morgan fingerprint density at radius 1 is 1.25 bits per heavy atom. The van der Waals surface area contributed by atoms with E-state index in [0.29, 0.717) is 10.8 Å². The largest absolute Gasteiger partial charge is 0.368 e. The van der Waals surface area contributed by atoms with E-state index in [4.69, 9.17) is 17.3 Å². The standard InChI is InChI=1S/C7H5ClN4/c8-5-2-1-4-3-10-7(9)12-6(4)11-5/h1-3H,(H2,9,10,11,12). The monoisotopic (exact) mass is 180 g/mol. The smallest absolute Gasteiger partial charge is 0.222 e. The highest BCUT2D eigenvalue weighted by atomic mass is 35.5. The van der Waals surface area contributed by atoms with Crippen LogP contribution in [0.1, 0.15) is 0 Å². The molecule has 2 aromatic heterocycles. The van der Waals surface area contributed by atoms with E-state index >= 15 is 0 Å². The predicted octanol–water partition coefficient (Wildman–Crippen LogP) is 1.26. The van der Waals surface area contributed by atoms with E-state index in [1.165, 1.54) is 0 Å². The van der Waals surface area contributed by atoms with Crippen LogP contribution in [0.5, 0.6) is 0 Å². The van der Waals surface area contributed by atoms with Gasteiger partial charge in [0.15, 0.2) is 5.65 Å². The molecule has 0 aliphatic heterocycles. The Kier molecular flexibility index (Phi) is 1.55. The van der Waals surface area contributed by atoms with Crippen LogP contribution in [0.4, 0.5) is 5.95 Å². The minimum absolute atomic E-state index is 0.206. The number of nitrogen functional groups attached to an aromatic ring is 1. The highest BCUT2D eigenvalue weighted by Crippen LogP contribution is 2.12. The van der Waals surface area contributed by atoms with E-state index in [1.54, 1.807) is 18.3 Å². The second-order valence-electron chi connectivity index (χ2n) is 2.28. The fourth-order valence-corrected chi connectivity index (χ4v) is 1.04. The Labute approximate surface area is 73.4 Å². The van der Waals surface area contributed by atoms with Gasteiger partial charge in [-0.2, -0.15) is 4.98 Å². The van der Waals surface area contributed by atoms with E-state index in [1.807, 2.05) is 0 Å². The maximum atomic E-state index is 5.66. The minimum atomic E-state index is 0.206. The molecule has 2 heterocycles. The van der Waals surface area contributed by atoms with Crippen LogP contribution in [-0.4, -0.2) is 15.0 Å². The summed E-state index contributed by atoms with van der Waals surface area (Å²) in [5, 5.41) is 1.23. The molecule has 0 saturated carbocycles. The predicted molar refractivity (Wildman–Crippen MR) is 46.8 cm³/mol. The lowest BCUT2D eigenvalue weighted by atomic mass is 10.3. The van der Waals surface area contributed by atoms with Crippen LogP contribution in [0.15, 0.2) is 18.3 Å². The first-order valence-corrected chi connectivity index (χ1v) is 3.68. The summed E-state index contributed by atoms with van der Waals surface area (Å²) in [5.41, 5.74) is 5.89. The third-order valence-corrected chi connectivity index (χ3v) is 1.64. The average Bonchev–Trinajstić information content (AvgIpc) is 2.03. The van der Waals surface area contributed by atoms with Crippen molar-refractivity contribution in [2.45, 2.75) is 0 Å². The van der Waals surface area contributed by atoms with Crippen molar-refractivity contribution in [1.82, 2.24) is 15.0 Å². The van der Waals surface area contributed by atoms with Crippen LogP contribution in [0.25, 0.3) is 11.0 Å². The zero-order valence-corrected chi connectivity index (χ0v) is 6.78. The third-order valence-electron chi connectivity index (χ3n) is 1.43. The number of nitrogens with two attached hydrogens (primary N) is 1. The van der Waals surface area contributed by atoms with Gasteiger partial charge < -0.3 is 5.73 Å². The van der Waals surface area contributed by atoms with Gasteiger partial charge in [-0.05, 0) is 12.1 Å². The first-order valence-electron chi connectivity index (χ1n) is 3.30. The maximum Gasteiger partial charge on any atom is 0.222 e. The number of aromatic nitrogens is 3. The van der Waals surface area contributed by atoms with Gasteiger partial charge in [0, 0.05) is 11.6 Å². The summed E-state index contributed by atoms with van der Waals surface area (Å²) >= 11 is 5.66. The van der Waals surface area contributed by atoms with E-state index < -0.39 is 0 Å². The molecule has 5 heteroatoms. The van der Waals surface area contributed by atoms with Crippen LogP contribution in [0.3, 0.4) is 0 Å². The van der Waals surface area contributed by atoms with Crippen LogP contribution in [-0.2, 0) is 0 Å². The molecule has 60 valence electrons. The number of fused-ring (bicyclic) bond motifs is 1. The van der Waals surface area contributed by atoms with Crippen molar-refractivity contribution in [1.29, 1.82) is 0 Å². The summed E-state index contributed by atoms with van der Waals surface area (Å²) in [6.45, 7) is 0. The van der Waals surface area contributed by atoms with Crippen LogP contribution >= 0.6 is 11.6 Å². The zero-order chi connectivity index (χ0) is 8.55. The number of anilines is 1. The Morgan fingerprint density at radius 3 is 2.92 bits per heavy atom. The average molecular weight is 181 g/mol. The van der Waals surface area contributed by atoms with Gasteiger partial charge in [-0.15, -0.1) is 0 Å². The van der Waals surface area contributed by atoms with Crippen LogP contribution < -0.4 is 5.73 Å². The molecule has 2 rings (SSSR count). The number of pyridine rings is 1. The molecule has 2 N–H and O–H groups in total. The topological polar surface area (TPSA) is 64.7 Å². The van der Waals surface area contributed by atoms with Crippen molar-refractivity contribution >= 4 is 28.6 Å². The molecular weight excluding hydrogens is 176 g/mol. The quantitative estimate of drug-likeness (QED) is 0.620. The molecule has 0 aromatic carbocycles. The molecule has 2 aromatic rings. The number of nitrogens with zero attached hydrogens (tertiary/aromatic N) is 3. The zero-order valence-electron chi connectivity index (χ0n) is 6.03. The molecule has 0 radical (unpaired) electrons. The lowest BCUT2D eigenvalue weighted by Crippen LogP contribution is -1.95. The fourth-order valence-electron chi connectivity index (χ4n) is 0.899. The van der Waals surface area contributed by atoms with Crippen molar-refractivity contribution in [2.75, 3.05) is 5.73 Å². The van der Waals surface area contributed by atoms with Crippen LogP contribution in [0.2, 0.25) is 5.15 Å². The van der Waals surface area contributed by atoms with Gasteiger partial charge in [0.2, 0.25) is 5.95 Å². The summed E-state index contributed by atoms with van der Waals surface area (Å²) in [6.07, 6.45) is 1.61. The van der Waals surface area contributed by atoms with Gasteiger partial charge in [0.1, 0.15) is 5.15 Å². The Morgan fingerprint density at radius 2 is 2.08 bits per heavy atom. The molecule has 0 atom stereocenters. The van der Waals surface area contributed by atoms with Gasteiger partial charge >= 0.3 is 0 Å².